The fourth-order valence-electron chi connectivity index (χ4n) is 3.28. The zero-order valence-electron chi connectivity index (χ0n) is 19.7. The summed E-state index contributed by atoms with van der Waals surface area (Å²) < 4.78 is 0. The predicted octanol–water partition coefficient (Wildman–Crippen LogP) is 4.17. The zero-order valence-corrected chi connectivity index (χ0v) is 20.5. The molecular weight excluding hydrogens is 428 g/mol. The lowest BCUT2D eigenvalue weighted by Gasteiger charge is -2.19. The van der Waals surface area contributed by atoms with Crippen LogP contribution in [-0.2, 0) is 14.4 Å². The SMILES string of the molecule is CCCCCCCCCCCCC=CC(SCCC(=O)NCC(=O)O)C(O)CCC(N)=O. The van der Waals surface area contributed by atoms with Crippen LogP contribution in [0.3, 0.4) is 0 Å². The number of nitrogens with two attached hydrogens (primary N) is 1. The van der Waals surface area contributed by atoms with Crippen LogP contribution in [0.1, 0.15) is 96.8 Å². The summed E-state index contributed by atoms with van der Waals surface area (Å²) in [7, 11) is 0. The van der Waals surface area contributed by atoms with Crippen molar-refractivity contribution in [2.75, 3.05) is 12.3 Å². The number of carboxylic acids is 1. The number of nitrogens with one attached hydrogen (secondary N) is 1. The standard InChI is InChI=1S/C24H44N2O5S/c1-2-3-4-5-6-7-8-9-10-11-12-13-14-21(20(27)15-16-22(25)28)32-18-17-23(29)26-19-24(30)31/h13-14,20-21,27H,2-12,15-19H2,1H3,(H2,25,28)(H,26,29)(H,30,31). The molecular formula is C24H44N2O5S. The van der Waals surface area contributed by atoms with E-state index in [9.17, 15) is 19.5 Å². The molecule has 0 spiro atoms. The Kier molecular flexibility index (Phi) is 20.3. The van der Waals surface area contributed by atoms with Crippen molar-refractivity contribution >= 4 is 29.5 Å². The summed E-state index contributed by atoms with van der Waals surface area (Å²) in [5, 5.41) is 21.1. The molecule has 32 heavy (non-hydrogen) atoms. The van der Waals surface area contributed by atoms with E-state index >= 15 is 0 Å². The number of carbonyl (C=O) groups excluding carboxylic acids is 2. The van der Waals surface area contributed by atoms with Crippen LogP contribution in [0, 0.1) is 0 Å². The number of primary amides is 1. The number of thioether (sulfide) groups is 1. The molecule has 0 aliphatic carbocycles. The summed E-state index contributed by atoms with van der Waals surface area (Å²) in [6, 6.07) is 0. The van der Waals surface area contributed by atoms with Gasteiger partial charge in [-0.2, -0.15) is 11.8 Å². The van der Waals surface area contributed by atoms with Crippen LogP contribution in [0.2, 0.25) is 0 Å². The van der Waals surface area contributed by atoms with E-state index in [0.717, 1.165) is 12.8 Å². The van der Waals surface area contributed by atoms with Gasteiger partial charge < -0.3 is 21.3 Å². The van der Waals surface area contributed by atoms with E-state index in [1.165, 1.54) is 69.5 Å². The number of carbonyl (C=O) groups is 3. The minimum atomic E-state index is -1.08. The Labute approximate surface area is 198 Å². The van der Waals surface area contributed by atoms with Gasteiger partial charge in [-0.15, -0.1) is 0 Å². The van der Waals surface area contributed by atoms with E-state index in [-0.39, 0.29) is 30.4 Å². The number of hydrogen-bond acceptors (Lipinski definition) is 5. The maximum absolute atomic E-state index is 11.7. The molecule has 0 rings (SSSR count). The van der Waals surface area contributed by atoms with Gasteiger partial charge in [0.05, 0.1) is 6.10 Å². The molecule has 0 heterocycles. The summed E-state index contributed by atoms with van der Waals surface area (Å²) in [4.78, 5) is 33.2. The number of unbranched alkanes of at least 4 members (excludes halogenated alkanes) is 10. The lowest BCUT2D eigenvalue weighted by molar-refractivity contribution is -0.137. The molecule has 2 unspecified atom stereocenters. The normalized spacial score (nSPS) is 13.2. The van der Waals surface area contributed by atoms with Crippen LogP contribution < -0.4 is 11.1 Å². The van der Waals surface area contributed by atoms with Crippen LogP contribution in [-0.4, -0.2) is 51.6 Å². The average Bonchev–Trinajstić information content (AvgIpc) is 2.75. The van der Waals surface area contributed by atoms with Gasteiger partial charge in [-0.05, 0) is 19.3 Å². The Bertz CT molecular complexity index is 542. The molecule has 0 radical (unpaired) electrons. The molecule has 0 aromatic rings. The Morgan fingerprint density at radius 1 is 0.969 bits per heavy atom. The van der Waals surface area contributed by atoms with E-state index < -0.39 is 24.5 Å². The predicted molar refractivity (Wildman–Crippen MR) is 132 cm³/mol. The van der Waals surface area contributed by atoms with Crippen molar-refractivity contribution < 1.29 is 24.6 Å². The number of carboxylic acid groups (broad SMARTS) is 1. The van der Waals surface area contributed by atoms with Gasteiger partial charge in [0.2, 0.25) is 11.8 Å². The molecule has 5 N–H and O–H groups in total. The van der Waals surface area contributed by atoms with Gasteiger partial charge in [-0.25, -0.2) is 0 Å². The first-order valence-corrected chi connectivity index (χ1v) is 13.1. The number of rotatable bonds is 22. The van der Waals surface area contributed by atoms with Crippen LogP contribution in [0.4, 0.5) is 0 Å². The molecule has 0 aliphatic rings. The maximum Gasteiger partial charge on any atom is 0.322 e. The molecule has 7 nitrogen and oxygen atoms in total. The minimum absolute atomic E-state index is 0.115. The number of amides is 2. The molecule has 8 heteroatoms. The monoisotopic (exact) mass is 472 g/mol. The van der Waals surface area contributed by atoms with E-state index in [2.05, 4.69) is 18.3 Å². The minimum Gasteiger partial charge on any atom is -0.480 e. The van der Waals surface area contributed by atoms with Gasteiger partial charge >= 0.3 is 5.97 Å². The summed E-state index contributed by atoms with van der Waals surface area (Å²) in [6.45, 7) is 1.84. The van der Waals surface area contributed by atoms with E-state index in [1.54, 1.807) is 0 Å². The Morgan fingerprint density at radius 3 is 2.12 bits per heavy atom. The van der Waals surface area contributed by atoms with Gasteiger partial charge in [0.25, 0.3) is 0 Å². The topological polar surface area (TPSA) is 130 Å². The van der Waals surface area contributed by atoms with Crippen molar-refractivity contribution in [1.82, 2.24) is 5.32 Å². The van der Waals surface area contributed by atoms with Crippen molar-refractivity contribution in [3.63, 3.8) is 0 Å². The first-order chi connectivity index (χ1) is 15.4. The largest absolute Gasteiger partial charge is 0.480 e. The molecule has 2 amide bonds. The summed E-state index contributed by atoms with van der Waals surface area (Å²) in [5.41, 5.74) is 5.18. The number of aliphatic hydroxyl groups excluding tert-OH is 1. The molecule has 0 bridgehead atoms. The highest BCUT2D eigenvalue weighted by molar-refractivity contribution is 8.00. The fraction of sp³-hybridized carbons (Fsp3) is 0.792. The van der Waals surface area contributed by atoms with Gasteiger partial charge in [0.15, 0.2) is 0 Å². The lowest BCUT2D eigenvalue weighted by Crippen LogP contribution is -2.30. The average molecular weight is 473 g/mol. The van der Waals surface area contributed by atoms with Crippen LogP contribution in [0.25, 0.3) is 0 Å². The smallest absolute Gasteiger partial charge is 0.322 e. The highest BCUT2D eigenvalue weighted by atomic mass is 32.2. The van der Waals surface area contributed by atoms with Gasteiger partial charge in [0.1, 0.15) is 6.54 Å². The molecule has 0 aromatic carbocycles. The van der Waals surface area contributed by atoms with Crippen LogP contribution >= 0.6 is 11.8 Å². The number of allylic oxidation sites excluding steroid dienone is 1. The third-order valence-electron chi connectivity index (χ3n) is 5.19. The van der Waals surface area contributed by atoms with Crippen molar-refractivity contribution in [2.24, 2.45) is 5.73 Å². The fourth-order valence-corrected chi connectivity index (χ4v) is 4.44. The van der Waals surface area contributed by atoms with Crippen molar-refractivity contribution in [1.29, 1.82) is 0 Å². The summed E-state index contributed by atoms with van der Waals surface area (Å²) in [5.74, 6) is -1.41. The molecule has 186 valence electrons. The first kappa shape index (κ1) is 30.5. The second-order valence-corrected chi connectivity index (χ2v) is 9.51. The summed E-state index contributed by atoms with van der Waals surface area (Å²) >= 11 is 1.43. The number of aliphatic hydroxyl groups is 1. The van der Waals surface area contributed by atoms with Crippen molar-refractivity contribution in [2.45, 2.75) is 108 Å². The molecule has 0 fully saturated rings. The third kappa shape index (κ3) is 20.4. The van der Waals surface area contributed by atoms with Gasteiger partial charge in [-0.1, -0.05) is 76.9 Å². The molecule has 2 atom stereocenters. The van der Waals surface area contributed by atoms with Gasteiger partial charge in [0, 0.05) is 23.8 Å². The van der Waals surface area contributed by atoms with E-state index in [0.29, 0.717) is 5.75 Å². The second kappa shape index (κ2) is 21.3. The Morgan fingerprint density at radius 2 is 1.56 bits per heavy atom. The lowest BCUT2D eigenvalue weighted by atomic mass is 10.1. The highest BCUT2D eigenvalue weighted by Gasteiger charge is 2.18. The second-order valence-electron chi connectivity index (χ2n) is 8.23. The van der Waals surface area contributed by atoms with E-state index in [4.69, 9.17) is 10.8 Å². The Balaban J connectivity index is 4.17. The number of aliphatic carboxylic acids is 1. The van der Waals surface area contributed by atoms with Crippen LogP contribution in [0.5, 0.6) is 0 Å². The highest BCUT2D eigenvalue weighted by Crippen LogP contribution is 2.21. The van der Waals surface area contributed by atoms with Gasteiger partial charge in [-0.3, -0.25) is 14.4 Å². The molecule has 0 saturated heterocycles. The quantitative estimate of drug-likeness (QED) is 0.138. The molecule has 0 saturated carbocycles. The third-order valence-corrected chi connectivity index (χ3v) is 6.49. The number of hydrogen-bond donors (Lipinski definition) is 4. The first-order valence-electron chi connectivity index (χ1n) is 12.1. The van der Waals surface area contributed by atoms with Crippen molar-refractivity contribution in [3.05, 3.63) is 12.2 Å². The molecule has 0 aromatic heterocycles. The summed E-state index contributed by atoms with van der Waals surface area (Å²) in [6.07, 6.45) is 17.7. The van der Waals surface area contributed by atoms with E-state index in [1.807, 2.05) is 6.08 Å². The zero-order chi connectivity index (χ0) is 24.0. The maximum atomic E-state index is 11.7. The van der Waals surface area contributed by atoms with Crippen LogP contribution in [0.15, 0.2) is 12.2 Å². The molecule has 0 aliphatic heterocycles. The van der Waals surface area contributed by atoms with Crippen molar-refractivity contribution in [3.8, 4) is 0 Å². The Hall–Kier alpha value is -1.54.